The molecule has 2 heterocycles. The average molecular weight is 332 g/mol. The Bertz CT molecular complexity index is 789. The number of thioether (sulfide) groups is 1. The van der Waals surface area contributed by atoms with Crippen molar-refractivity contribution < 1.29 is 13.9 Å². The molecule has 0 saturated carbocycles. The molecule has 1 amide bonds. The van der Waals surface area contributed by atoms with Crippen LogP contribution >= 0.6 is 11.8 Å². The SMILES string of the molecule is COc1cccc(-c2nnc(SCC(=O)Nn3cnnc3)o2)c1. The number of rotatable bonds is 6. The lowest BCUT2D eigenvalue weighted by Crippen LogP contribution is -2.23. The van der Waals surface area contributed by atoms with Crippen LogP contribution in [0.5, 0.6) is 5.75 Å². The van der Waals surface area contributed by atoms with Gasteiger partial charge in [-0.05, 0) is 18.2 Å². The largest absolute Gasteiger partial charge is 0.497 e. The van der Waals surface area contributed by atoms with Gasteiger partial charge < -0.3 is 9.15 Å². The van der Waals surface area contributed by atoms with Crippen molar-refractivity contribution in [3.8, 4) is 17.2 Å². The average Bonchev–Trinajstić information content (AvgIpc) is 3.24. The smallest absolute Gasteiger partial charge is 0.277 e. The van der Waals surface area contributed by atoms with Crippen molar-refractivity contribution in [1.29, 1.82) is 0 Å². The topological polar surface area (TPSA) is 108 Å². The zero-order chi connectivity index (χ0) is 16.1. The van der Waals surface area contributed by atoms with Crippen LogP contribution in [0, 0.1) is 0 Å². The number of nitrogens with zero attached hydrogens (tertiary/aromatic N) is 5. The van der Waals surface area contributed by atoms with Crippen molar-refractivity contribution in [3.63, 3.8) is 0 Å². The Kier molecular flexibility index (Phi) is 4.52. The number of nitrogens with one attached hydrogen (secondary N) is 1. The van der Waals surface area contributed by atoms with Crippen molar-refractivity contribution in [3.05, 3.63) is 36.9 Å². The maximum absolute atomic E-state index is 11.7. The molecule has 0 spiro atoms. The second-order valence-corrected chi connectivity index (χ2v) is 5.22. The van der Waals surface area contributed by atoms with E-state index in [-0.39, 0.29) is 11.7 Å². The van der Waals surface area contributed by atoms with Gasteiger partial charge in [-0.3, -0.25) is 10.2 Å². The first kappa shape index (κ1) is 15.0. The Labute approximate surface area is 135 Å². The first-order valence-electron chi connectivity index (χ1n) is 6.50. The summed E-state index contributed by atoms with van der Waals surface area (Å²) in [6, 6.07) is 7.28. The van der Waals surface area contributed by atoms with Crippen LogP contribution in [0.15, 0.2) is 46.6 Å². The Morgan fingerprint density at radius 2 is 2.17 bits per heavy atom. The van der Waals surface area contributed by atoms with Gasteiger partial charge in [-0.1, -0.05) is 17.8 Å². The summed E-state index contributed by atoms with van der Waals surface area (Å²) in [5.74, 6) is 0.947. The summed E-state index contributed by atoms with van der Waals surface area (Å²) >= 11 is 1.14. The van der Waals surface area contributed by atoms with Gasteiger partial charge in [-0.25, -0.2) is 4.68 Å². The minimum absolute atomic E-state index is 0.123. The lowest BCUT2D eigenvalue weighted by atomic mass is 10.2. The number of carbonyl (C=O) groups excluding carboxylic acids is 1. The van der Waals surface area contributed by atoms with E-state index in [2.05, 4.69) is 25.8 Å². The molecule has 10 heteroatoms. The number of hydrogen-bond donors (Lipinski definition) is 1. The van der Waals surface area contributed by atoms with Crippen molar-refractivity contribution in [2.24, 2.45) is 0 Å². The fourth-order valence-corrected chi connectivity index (χ4v) is 2.26. The molecule has 118 valence electrons. The molecule has 0 unspecified atom stereocenters. The van der Waals surface area contributed by atoms with E-state index >= 15 is 0 Å². The summed E-state index contributed by atoms with van der Waals surface area (Å²) in [6.45, 7) is 0. The molecule has 23 heavy (non-hydrogen) atoms. The van der Waals surface area contributed by atoms with E-state index in [1.54, 1.807) is 13.2 Å². The summed E-state index contributed by atoms with van der Waals surface area (Å²) in [6.07, 6.45) is 2.77. The highest BCUT2D eigenvalue weighted by Gasteiger charge is 2.12. The summed E-state index contributed by atoms with van der Waals surface area (Å²) in [7, 11) is 1.59. The first-order valence-corrected chi connectivity index (χ1v) is 7.48. The predicted octanol–water partition coefficient (Wildman–Crippen LogP) is 1.20. The lowest BCUT2D eigenvalue weighted by molar-refractivity contribution is -0.114. The third kappa shape index (κ3) is 3.86. The van der Waals surface area contributed by atoms with Gasteiger partial charge in [0.15, 0.2) is 0 Å². The number of ether oxygens (including phenoxy) is 1. The van der Waals surface area contributed by atoms with Gasteiger partial charge in [0.2, 0.25) is 11.8 Å². The van der Waals surface area contributed by atoms with Gasteiger partial charge in [-0.15, -0.1) is 20.4 Å². The zero-order valence-corrected chi connectivity index (χ0v) is 12.9. The molecule has 2 aromatic heterocycles. The fraction of sp³-hybridized carbons (Fsp3) is 0.154. The summed E-state index contributed by atoms with van der Waals surface area (Å²) in [5.41, 5.74) is 3.32. The highest BCUT2D eigenvalue weighted by Crippen LogP contribution is 2.25. The van der Waals surface area contributed by atoms with E-state index in [1.807, 2.05) is 18.2 Å². The molecular weight excluding hydrogens is 320 g/mol. The molecule has 0 saturated heterocycles. The molecule has 1 N–H and O–H groups in total. The first-order chi connectivity index (χ1) is 11.2. The van der Waals surface area contributed by atoms with Crippen LogP contribution in [0.2, 0.25) is 0 Å². The molecule has 0 bridgehead atoms. The highest BCUT2D eigenvalue weighted by molar-refractivity contribution is 7.99. The Morgan fingerprint density at radius 1 is 1.35 bits per heavy atom. The van der Waals surface area contributed by atoms with E-state index in [0.29, 0.717) is 16.9 Å². The molecule has 3 rings (SSSR count). The number of carbonyl (C=O) groups is 1. The molecule has 0 aliphatic heterocycles. The Morgan fingerprint density at radius 3 is 2.96 bits per heavy atom. The minimum Gasteiger partial charge on any atom is -0.497 e. The van der Waals surface area contributed by atoms with Gasteiger partial charge in [0, 0.05) is 5.56 Å². The molecule has 3 aromatic rings. The lowest BCUT2D eigenvalue weighted by Gasteiger charge is -2.02. The molecule has 0 radical (unpaired) electrons. The van der Waals surface area contributed by atoms with Crippen molar-refractivity contribution in [2.75, 3.05) is 18.3 Å². The van der Waals surface area contributed by atoms with Gasteiger partial charge in [0.25, 0.3) is 5.22 Å². The summed E-state index contributed by atoms with van der Waals surface area (Å²) in [4.78, 5) is 11.7. The second-order valence-electron chi connectivity index (χ2n) is 4.30. The van der Waals surface area contributed by atoms with Gasteiger partial charge in [-0.2, -0.15) is 0 Å². The quantitative estimate of drug-likeness (QED) is 0.671. The van der Waals surface area contributed by atoms with E-state index in [1.165, 1.54) is 17.3 Å². The highest BCUT2D eigenvalue weighted by atomic mass is 32.2. The maximum atomic E-state index is 11.7. The standard InChI is InChI=1S/C13H12N6O3S/c1-21-10-4-2-3-9(5-10)12-16-17-13(22-12)23-6-11(20)18-19-7-14-15-8-19/h2-5,7-8H,6H2,1H3,(H,18,20). The van der Waals surface area contributed by atoms with Crippen LogP contribution in [0.1, 0.15) is 0 Å². The Hall–Kier alpha value is -2.88. The van der Waals surface area contributed by atoms with Crippen LogP contribution in [0.25, 0.3) is 11.5 Å². The third-order valence-electron chi connectivity index (χ3n) is 2.72. The van der Waals surface area contributed by atoms with E-state index in [0.717, 1.165) is 17.3 Å². The van der Waals surface area contributed by atoms with Crippen molar-refractivity contribution >= 4 is 17.7 Å². The number of aromatic nitrogens is 5. The van der Waals surface area contributed by atoms with Crippen molar-refractivity contribution in [1.82, 2.24) is 25.1 Å². The molecule has 0 atom stereocenters. The normalized spacial score (nSPS) is 10.5. The molecule has 9 nitrogen and oxygen atoms in total. The third-order valence-corrected chi connectivity index (χ3v) is 3.54. The minimum atomic E-state index is -0.240. The van der Waals surface area contributed by atoms with Crippen LogP contribution in [-0.2, 0) is 4.79 Å². The number of hydrogen-bond acceptors (Lipinski definition) is 8. The Balaban J connectivity index is 1.59. The maximum Gasteiger partial charge on any atom is 0.277 e. The van der Waals surface area contributed by atoms with Crippen molar-refractivity contribution in [2.45, 2.75) is 5.22 Å². The van der Waals surface area contributed by atoms with Crippen LogP contribution in [0.4, 0.5) is 0 Å². The zero-order valence-electron chi connectivity index (χ0n) is 12.0. The summed E-state index contributed by atoms with van der Waals surface area (Å²) in [5, 5.41) is 15.4. The number of benzene rings is 1. The molecule has 0 fully saturated rings. The molecule has 0 aliphatic rings. The monoisotopic (exact) mass is 332 g/mol. The second kappa shape index (κ2) is 6.92. The van der Waals surface area contributed by atoms with Crippen LogP contribution in [0.3, 0.4) is 0 Å². The fourth-order valence-electron chi connectivity index (χ4n) is 1.70. The molecule has 1 aromatic carbocycles. The summed E-state index contributed by atoms with van der Waals surface area (Å²) < 4.78 is 12.0. The number of methoxy groups -OCH3 is 1. The molecule has 0 aliphatic carbocycles. The van der Waals surface area contributed by atoms with E-state index in [4.69, 9.17) is 9.15 Å². The van der Waals surface area contributed by atoms with Gasteiger partial charge >= 0.3 is 0 Å². The van der Waals surface area contributed by atoms with Gasteiger partial charge in [0.05, 0.1) is 12.9 Å². The predicted molar refractivity (Wildman–Crippen MR) is 81.4 cm³/mol. The van der Waals surface area contributed by atoms with Gasteiger partial charge in [0.1, 0.15) is 18.4 Å². The number of amides is 1. The van der Waals surface area contributed by atoms with E-state index < -0.39 is 0 Å². The van der Waals surface area contributed by atoms with Crippen LogP contribution in [-0.4, -0.2) is 43.8 Å². The van der Waals surface area contributed by atoms with E-state index in [9.17, 15) is 4.79 Å². The molecular formula is C13H12N6O3S. The van der Waals surface area contributed by atoms with Crippen LogP contribution < -0.4 is 10.2 Å².